The number of nitrogens with one attached hydrogen (secondary N) is 1. The molecule has 0 unspecified atom stereocenters. The fourth-order valence-corrected chi connectivity index (χ4v) is 2.10. The van der Waals surface area contributed by atoms with Gasteiger partial charge < -0.3 is 11.1 Å². The molecule has 0 saturated heterocycles. The number of hydrogen-bond donors (Lipinski definition) is 2. The van der Waals surface area contributed by atoms with Crippen molar-refractivity contribution in [2.24, 2.45) is 0 Å². The van der Waals surface area contributed by atoms with E-state index < -0.39 is 0 Å². The number of anilines is 3. The van der Waals surface area contributed by atoms with Gasteiger partial charge in [-0.25, -0.2) is 9.97 Å². The number of aromatic nitrogens is 2. The second kappa shape index (κ2) is 5.58. The largest absolute Gasteiger partial charge is 0.383 e. The molecule has 0 aliphatic rings. The van der Waals surface area contributed by atoms with E-state index in [0.717, 1.165) is 15.7 Å². The van der Waals surface area contributed by atoms with E-state index in [1.54, 1.807) is 6.07 Å². The number of nitrogens with two attached hydrogens (primary N) is 1. The van der Waals surface area contributed by atoms with Crippen molar-refractivity contribution in [3.05, 3.63) is 34.3 Å². The number of benzene rings is 1. The highest BCUT2D eigenvalue weighted by Gasteiger charge is 2.03. The Morgan fingerprint density at radius 2 is 2.06 bits per heavy atom. The van der Waals surface area contributed by atoms with Gasteiger partial charge in [0.15, 0.2) is 5.16 Å². The van der Waals surface area contributed by atoms with Crippen LogP contribution in [0.15, 0.2) is 33.9 Å². The molecule has 0 spiro atoms. The molecule has 1 aromatic heterocycles. The number of nitrogen functional groups attached to an aromatic ring is 1. The molecule has 0 aliphatic carbocycles. The summed E-state index contributed by atoms with van der Waals surface area (Å²) >= 11 is 4.94. The highest BCUT2D eigenvalue weighted by atomic mass is 79.9. The third kappa shape index (κ3) is 3.14. The van der Waals surface area contributed by atoms with Gasteiger partial charge in [0.1, 0.15) is 11.6 Å². The summed E-state index contributed by atoms with van der Waals surface area (Å²) in [6, 6.07) is 7.74. The quantitative estimate of drug-likeness (QED) is 0.667. The van der Waals surface area contributed by atoms with E-state index >= 15 is 0 Å². The van der Waals surface area contributed by atoms with Gasteiger partial charge in [0.25, 0.3) is 0 Å². The van der Waals surface area contributed by atoms with Crippen molar-refractivity contribution in [2.45, 2.75) is 12.1 Å². The maximum absolute atomic E-state index is 5.73. The van der Waals surface area contributed by atoms with Crippen LogP contribution in [0.1, 0.15) is 5.56 Å². The lowest BCUT2D eigenvalue weighted by atomic mass is 10.2. The third-order valence-electron chi connectivity index (χ3n) is 2.34. The number of halogens is 1. The lowest BCUT2D eigenvalue weighted by molar-refractivity contribution is 0.984. The first-order valence-electron chi connectivity index (χ1n) is 5.30. The van der Waals surface area contributed by atoms with E-state index in [0.29, 0.717) is 16.8 Å². The Kier molecular flexibility index (Phi) is 4.08. The first-order chi connectivity index (χ1) is 8.58. The normalized spacial score (nSPS) is 10.4. The van der Waals surface area contributed by atoms with Crippen molar-refractivity contribution >= 4 is 45.0 Å². The number of hydrogen-bond acceptors (Lipinski definition) is 5. The van der Waals surface area contributed by atoms with Gasteiger partial charge >= 0.3 is 0 Å². The molecule has 1 aromatic carbocycles. The van der Waals surface area contributed by atoms with Gasteiger partial charge in [-0.3, -0.25) is 0 Å². The lowest BCUT2D eigenvalue weighted by Gasteiger charge is -2.08. The van der Waals surface area contributed by atoms with Crippen molar-refractivity contribution in [3.8, 4) is 0 Å². The molecule has 4 nitrogen and oxygen atoms in total. The molecule has 0 saturated carbocycles. The average molecular weight is 325 g/mol. The van der Waals surface area contributed by atoms with Crippen molar-refractivity contribution < 1.29 is 0 Å². The summed E-state index contributed by atoms with van der Waals surface area (Å²) in [6.45, 7) is 2.04. The summed E-state index contributed by atoms with van der Waals surface area (Å²) in [4.78, 5) is 8.46. The van der Waals surface area contributed by atoms with Gasteiger partial charge in [-0.1, -0.05) is 27.7 Å². The van der Waals surface area contributed by atoms with Crippen LogP contribution in [0, 0.1) is 6.92 Å². The molecule has 2 aromatic rings. The Hall–Kier alpha value is -1.27. The molecule has 1 heterocycles. The molecule has 0 atom stereocenters. The predicted octanol–water partition coefficient (Wildman–Crippen LogP) is 3.60. The van der Waals surface area contributed by atoms with Gasteiger partial charge in [-0.15, -0.1) is 0 Å². The molecule has 6 heteroatoms. The monoisotopic (exact) mass is 324 g/mol. The molecular weight excluding hydrogens is 312 g/mol. The smallest absolute Gasteiger partial charge is 0.191 e. The van der Waals surface area contributed by atoms with E-state index in [-0.39, 0.29) is 0 Å². The van der Waals surface area contributed by atoms with Crippen LogP contribution in [0.5, 0.6) is 0 Å². The fourth-order valence-electron chi connectivity index (χ4n) is 1.47. The SMILES string of the molecule is CSc1nc(N)cc(Nc2ccc(Br)c(C)c2)n1. The summed E-state index contributed by atoms with van der Waals surface area (Å²) in [5.74, 6) is 1.17. The van der Waals surface area contributed by atoms with E-state index in [1.807, 2.05) is 31.4 Å². The second-order valence-electron chi connectivity index (χ2n) is 3.75. The fraction of sp³-hybridized carbons (Fsp3) is 0.167. The zero-order valence-electron chi connectivity index (χ0n) is 10.1. The first kappa shape index (κ1) is 13.2. The summed E-state index contributed by atoms with van der Waals surface area (Å²) in [5.41, 5.74) is 7.86. The number of rotatable bonds is 3. The Bertz CT molecular complexity index is 574. The Labute approximate surface area is 119 Å². The molecule has 0 radical (unpaired) electrons. The second-order valence-corrected chi connectivity index (χ2v) is 5.38. The molecule has 0 bridgehead atoms. The Balaban J connectivity index is 2.27. The Morgan fingerprint density at radius 3 is 2.72 bits per heavy atom. The van der Waals surface area contributed by atoms with E-state index in [4.69, 9.17) is 5.73 Å². The molecule has 2 rings (SSSR count). The predicted molar refractivity (Wildman–Crippen MR) is 80.4 cm³/mol. The highest BCUT2D eigenvalue weighted by molar-refractivity contribution is 9.10. The molecule has 18 heavy (non-hydrogen) atoms. The summed E-state index contributed by atoms with van der Waals surface area (Å²) in [6.07, 6.45) is 1.92. The molecule has 0 fully saturated rings. The summed E-state index contributed by atoms with van der Waals surface area (Å²) in [5, 5.41) is 3.88. The van der Waals surface area contributed by atoms with Crippen LogP contribution in [0.3, 0.4) is 0 Å². The zero-order valence-corrected chi connectivity index (χ0v) is 12.5. The maximum Gasteiger partial charge on any atom is 0.191 e. The number of aryl methyl sites for hydroxylation is 1. The van der Waals surface area contributed by atoms with Crippen LogP contribution in [0.25, 0.3) is 0 Å². The first-order valence-corrected chi connectivity index (χ1v) is 7.32. The minimum atomic E-state index is 0.464. The minimum Gasteiger partial charge on any atom is -0.383 e. The van der Waals surface area contributed by atoms with Gasteiger partial charge in [0.05, 0.1) is 0 Å². The minimum absolute atomic E-state index is 0.464. The molecule has 94 valence electrons. The van der Waals surface area contributed by atoms with Gasteiger partial charge in [-0.05, 0) is 36.9 Å². The topological polar surface area (TPSA) is 63.8 Å². The van der Waals surface area contributed by atoms with E-state index in [2.05, 4.69) is 31.2 Å². The van der Waals surface area contributed by atoms with Crippen LogP contribution >= 0.6 is 27.7 Å². The summed E-state index contributed by atoms with van der Waals surface area (Å²) in [7, 11) is 0. The highest BCUT2D eigenvalue weighted by Crippen LogP contribution is 2.23. The van der Waals surface area contributed by atoms with Gasteiger partial charge in [-0.2, -0.15) is 0 Å². The van der Waals surface area contributed by atoms with Gasteiger partial charge in [0.2, 0.25) is 0 Å². The van der Waals surface area contributed by atoms with Crippen molar-refractivity contribution in [2.75, 3.05) is 17.3 Å². The zero-order chi connectivity index (χ0) is 13.1. The van der Waals surface area contributed by atoms with E-state index in [1.165, 1.54) is 11.8 Å². The third-order valence-corrected chi connectivity index (χ3v) is 3.78. The lowest BCUT2D eigenvalue weighted by Crippen LogP contribution is -2.00. The van der Waals surface area contributed by atoms with Crippen molar-refractivity contribution in [3.63, 3.8) is 0 Å². The Morgan fingerprint density at radius 1 is 1.28 bits per heavy atom. The number of thioether (sulfide) groups is 1. The van der Waals surface area contributed by atoms with Gasteiger partial charge in [0, 0.05) is 16.2 Å². The molecule has 3 N–H and O–H groups in total. The standard InChI is InChI=1S/C12H13BrN4S/c1-7-5-8(3-4-9(7)13)15-11-6-10(14)16-12(17-11)18-2/h3-6H,1-2H3,(H3,14,15,16,17). The van der Waals surface area contributed by atoms with Crippen LogP contribution in [0.4, 0.5) is 17.3 Å². The van der Waals surface area contributed by atoms with Crippen molar-refractivity contribution in [1.29, 1.82) is 0 Å². The molecule has 0 amide bonds. The molecular formula is C12H13BrN4S. The number of nitrogens with zero attached hydrogens (tertiary/aromatic N) is 2. The van der Waals surface area contributed by atoms with Crippen LogP contribution in [-0.4, -0.2) is 16.2 Å². The average Bonchev–Trinajstić information content (AvgIpc) is 2.33. The maximum atomic E-state index is 5.73. The molecule has 0 aliphatic heterocycles. The summed E-state index contributed by atoms with van der Waals surface area (Å²) < 4.78 is 1.08. The van der Waals surface area contributed by atoms with Crippen LogP contribution < -0.4 is 11.1 Å². The van der Waals surface area contributed by atoms with Crippen LogP contribution in [-0.2, 0) is 0 Å². The van der Waals surface area contributed by atoms with E-state index in [9.17, 15) is 0 Å². The van der Waals surface area contributed by atoms with Crippen LogP contribution in [0.2, 0.25) is 0 Å². The van der Waals surface area contributed by atoms with Crippen molar-refractivity contribution in [1.82, 2.24) is 9.97 Å².